The zero-order valence-electron chi connectivity index (χ0n) is 21.4. The average Bonchev–Trinajstić information content (AvgIpc) is 3.36. The normalized spacial score (nSPS) is 14.7. The number of fused-ring (bicyclic) bond motifs is 1. The van der Waals surface area contributed by atoms with E-state index in [9.17, 15) is 13.2 Å². The smallest absolute Gasteiger partial charge is 0.260 e. The van der Waals surface area contributed by atoms with Crippen molar-refractivity contribution in [3.63, 3.8) is 0 Å². The molecular formula is C29H30ClN3O3S2. The highest BCUT2D eigenvalue weighted by molar-refractivity contribution is 7.89. The van der Waals surface area contributed by atoms with Gasteiger partial charge in [0.05, 0.1) is 21.7 Å². The second-order valence-electron chi connectivity index (χ2n) is 9.78. The van der Waals surface area contributed by atoms with Crippen molar-refractivity contribution in [1.82, 2.24) is 9.29 Å². The van der Waals surface area contributed by atoms with Gasteiger partial charge in [0.2, 0.25) is 10.0 Å². The molecule has 0 aliphatic heterocycles. The van der Waals surface area contributed by atoms with E-state index in [2.05, 4.69) is 0 Å². The second kappa shape index (κ2) is 11.1. The molecule has 0 spiro atoms. The van der Waals surface area contributed by atoms with Gasteiger partial charge in [0.1, 0.15) is 0 Å². The summed E-state index contributed by atoms with van der Waals surface area (Å²) in [6.45, 7) is 2.28. The van der Waals surface area contributed by atoms with Gasteiger partial charge in [-0.1, -0.05) is 72.5 Å². The van der Waals surface area contributed by atoms with Crippen LogP contribution < -0.4 is 4.90 Å². The molecule has 0 N–H and O–H groups in total. The van der Waals surface area contributed by atoms with E-state index in [1.807, 2.05) is 49.4 Å². The number of amides is 1. The van der Waals surface area contributed by atoms with Crippen LogP contribution in [-0.4, -0.2) is 36.7 Å². The summed E-state index contributed by atoms with van der Waals surface area (Å²) in [4.78, 5) is 20.5. The number of nitrogens with zero attached hydrogens (tertiary/aromatic N) is 3. The molecule has 0 atom stereocenters. The number of thiazole rings is 1. The molecule has 1 heterocycles. The van der Waals surface area contributed by atoms with Crippen LogP contribution in [0.5, 0.6) is 0 Å². The second-order valence-corrected chi connectivity index (χ2v) is 13.2. The van der Waals surface area contributed by atoms with E-state index in [-0.39, 0.29) is 16.8 Å². The van der Waals surface area contributed by atoms with Gasteiger partial charge in [0.25, 0.3) is 5.91 Å². The predicted molar refractivity (Wildman–Crippen MR) is 155 cm³/mol. The molecule has 1 amide bonds. The van der Waals surface area contributed by atoms with Crippen LogP contribution in [0.25, 0.3) is 10.2 Å². The van der Waals surface area contributed by atoms with Crippen LogP contribution >= 0.6 is 22.9 Å². The van der Waals surface area contributed by atoms with E-state index in [4.69, 9.17) is 16.6 Å². The third-order valence-electron chi connectivity index (χ3n) is 7.17. The number of anilines is 1. The predicted octanol–water partition coefficient (Wildman–Crippen LogP) is 7.06. The fraction of sp³-hybridized carbons (Fsp3) is 0.310. The Bertz CT molecular complexity index is 1550. The Balaban J connectivity index is 1.46. The third kappa shape index (κ3) is 5.50. The maximum atomic E-state index is 13.8. The highest BCUT2D eigenvalue weighted by atomic mass is 35.5. The molecule has 198 valence electrons. The van der Waals surface area contributed by atoms with Gasteiger partial charge in [-0.25, -0.2) is 13.4 Å². The number of aryl methyl sites for hydroxylation is 1. The molecule has 0 bridgehead atoms. The lowest BCUT2D eigenvalue weighted by Gasteiger charge is -2.30. The van der Waals surface area contributed by atoms with Gasteiger partial charge in [0, 0.05) is 23.7 Å². The van der Waals surface area contributed by atoms with E-state index < -0.39 is 10.0 Å². The molecule has 4 aromatic rings. The minimum absolute atomic E-state index is 0.0208. The lowest BCUT2D eigenvalue weighted by atomic mass is 9.96. The molecule has 3 aromatic carbocycles. The highest BCUT2D eigenvalue weighted by Crippen LogP contribution is 2.34. The van der Waals surface area contributed by atoms with Gasteiger partial charge in [0.15, 0.2) is 5.13 Å². The summed E-state index contributed by atoms with van der Waals surface area (Å²) in [6, 6.07) is 19.7. The van der Waals surface area contributed by atoms with Crippen LogP contribution in [0.4, 0.5) is 5.13 Å². The Morgan fingerprint density at radius 2 is 1.71 bits per heavy atom. The third-order valence-corrected chi connectivity index (χ3v) is 10.3. The molecule has 1 aromatic heterocycles. The Morgan fingerprint density at radius 3 is 2.39 bits per heavy atom. The zero-order valence-corrected chi connectivity index (χ0v) is 23.8. The maximum Gasteiger partial charge on any atom is 0.260 e. The molecule has 38 heavy (non-hydrogen) atoms. The first-order chi connectivity index (χ1) is 18.2. The van der Waals surface area contributed by atoms with Gasteiger partial charge in [-0.15, -0.1) is 0 Å². The Hall–Kier alpha value is -2.78. The standard InChI is InChI=1S/C29H30ClN3O3S2/c1-20-17-23(30)18-26-27(20)31-29(37-26)33(19-21-9-5-3-6-10-21)28(34)22-13-15-25(16-14-22)38(35,36)32(2)24-11-7-4-8-12-24/h3,5-6,9-10,13-18,24H,4,7-8,11-12,19H2,1-2H3. The number of hydrogen-bond acceptors (Lipinski definition) is 5. The largest absolute Gasteiger partial charge is 0.279 e. The van der Waals surface area contributed by atoms with Crippen LogP contribution in [0.15, 0.2) is 71.6 Å². The minimum atomic E-state index is -3.64. The van der Waals surface area contributed by atoms with E-state index in [0.29, 0.717) is 22.3 Å². The van der Waals surface area contributed by atoms with Gasteiger partial charge < -0.3 is 0 Å². The van der Waals surface area contributed by atoms with Crippen molar-refractivity contribution in [3.05, 3.63) is 88.4 Å². The first kappa shape index (κ1) is 26.8. The molecule has 6 nitrogen and oxygen atoms in total. The fourth-order valence-electron chi connectivity index (χ4n) is 4.98. The summed E-state index contributed by atoms with van der Waals surface area (Å²) >= 11 is 7.68. The topological polar surface area (TPSA) is 70.6 Å². The SMILES string of the molecule is Cc1cc(Cl)cc2sc(N(Cc3ccccc3)C(=O)c3ccc(S(=O)(=O)N(C)C4CCCCC4)cc3)nc12. The van der Waals surface area contributed by atoms with Crippen LogP contribution in [-0.2, 0) is 16.6 Å². The first-order valence-electron chi connectivity index (χ1n) is 12.7. The summed E-state index contributed by atoms with van der Waals surface area (Å²) in [6.07, 6.45) is 5.02. The highest BCUT2D eigenvalue weighted by Gasteiger charge is 2.29. The number of aromatic nitrogens is 1. The number of carbonyl (C=O) groups excluding carboxylic acids is 1. The van der Waals surface area contributed by atoms with Crippen molar-refractivity contribution in [2.24, 2.45) is 0 Å². The minimum Gasteiger partial charge on any atom is -0.279 e. The molecular weight excluding hydrogens is 538 g/mol. The van der Waals surface area contributed by atoms with E-state index >= 15 is 0 Å². The van der Waals surface area contributed by atoms with Gasteiger partial charge in [-0.3, -0.25) is 9.69 Å². The van der Waals surface area contributed by atoms with Crippen LogP contribution in [0.1, 0.15) is 53.6 Å². The summed E-state index contributed by atoms with van der Waals surface area (Å²) in [5.41, 5.74) is 3.11. The molecule has 0 unspecified atom stereocenters. The first-order valence-corrected chi connectivity index (χ1v) is 15.4. The summed E-state index contributed by atoms with van der Waals surface area (Å²) in [7, 11) is -1.98. The van der Waals surface area contributed by atoms with Crippen molar-refractivity contribution in [2.75, 3.05) is 11.9 Å². The lowest BCUT2D eigenvalue weighted by Crippen LogP contribution is -2.38. The lowest BCUT2D eigenvalue weighted by molar-refractivity contribution is 0.0985. The Labute approximate surface area is 232 Å². The number of sulfonamides is 1. The average molecular weight is 568 g/mol. The summed E-state index contributed by atoms with van der Waals surface area (Å²) in [5.74, 6) is -0.249. The van der Waals surface area contributed by atoms with Gasteiger partial charge >= 0.3 is 0 Å². The molecule has 1 saturated carbocycles. The molecule has 1 aliphatic carbocycles. The molecule has 1 fully saturated rings. The van der Waals surface area contributed by atoms with E-state index in [0.717, 1.165) is 53.4 Å². The quantitative estimate of drug-likeness (QED) is 0.240. The molecule has 9 heteroatoms. The maximum absolute atomic E-state index is 13.8. The van der Waals surface area contributed by atoms with Crippen LogP contribution in [0.3, 0.4) is 0 Å². The summed E-state index contributed by atoms with van der Waals surface area (Å²) in [5, 5.41) is 1.19. The zero-order chi connectivity index (χ0) is 26.9. The van der Waals surface area contributed by atoms with Crippen molar-refractivity contribution >= 4 is 54.2 Å². The monoisotopic (exact) mass is 567 g/mol. The van der Waals surface area contributed by atoms with Crippen LogP contribution in [0, 0.1) is 6.92 Å². The van der Waals surface area contributed by atoms with Gasteiger partial charge in [-0.05, 0) is 67.3 Å². The van der Waals surface area contributed by atoms with E-state index in [1.165, 1.54) is 27.8 Å². The summed E-state index contributed by atoms with van der Waals surface area (Å²) < 4.78 is 29.0. The van der Waals surface area contributed by atoms with Crippen LogP contribution in [0.2, 0.25) is 5.02 Å². The van der Waals surface area contributed by atoms with Crippen molar-refractivity contribution in [1.29, 1.82) is 0 Å². The van der Waals surface area contributed by atoms with E-state index in [1.54, 1.807) is 24.1 Å². The number of rotatable bonds is 7. The number of hydrogen-bond donors (Lipinski definition) is 0. The Kier molecular flexibility index (Phi) is 7.86. The molecule has 1 aliphatic rings. The number of carbonyl (C=O) groups is 1. The van der Waals surface area contributed by atoms with Crippen molar-refractivity contribution in [2.45, 2.75) is 56.5 Å². The number of benzene rings is 3. The van der Waals surface area contributed by atoms with Gasteiger partial charge in [-0.2, -0.15) is 4.31 Å². The molecule has 0 radical (unpaired) electrons. The Morgan fingerprint density at radius 1 is 1.03 bits per heavy atom. The number of halogens is 1. The molecule has 5 rings (SSSR count). The molecule has 0 saturated heterocycles. The van der Waals surface area contributed by atoms with Crippen molar-refractivity contribution in [3.8, 4) is 0 Å². The fourth-order valence-corrected chi connectivity index (χ4v) is 7.82. The van der Waals surface area contributed by atoms with Crippen molar-refractivity contribution < 1.29 is 13.2 Å².